The molecule has 1 aliphatic rings. The number of non-ortho nitro benzene ring substituents is 1. The molecule has 2 rings (SSSR count). The SMILES string of the molecule is CNNC(=O)C1(c2cccc([N+](=O)[O-])c2)CCC1. The van der Waals surface area contributed by atoms with Crippen LogP contribution in [0.3, 0.4) is 0 Å². The molecule has 1 saturated carbocycles. The lowest BCUT2D eigenvalue weighted by Crippen LogP contribution is -2.52. The molecule has 1 aliphatic carbocycles. The van der Waals surface area contributed by atoms with E-state index in [9.17, 15) is 14.9 Å². The molecule has 1 aromatic carbocycles. The summed E-state index contributed by atoms with van der Waals surface area (Å²) in [6, 6.07) is 6.34. The average molecular weight is 249 g/mol. The van der Waals surface area contributed by atoms with E-state index in [0.29, 0.717) is 0 Å². The summed E-state index contributed by atoms with van der Waals surface area (Å²) in [7, 11) is 1.62. The molecule has 0 spiro atoms. The van der Waals surface area contributed by atoms with Crippen LogP contribution in [-0.2, 0) is 10.2 Å². The highest BCUT2D eigenvalue weighted by atomic mass is 16.6. The van der Waals surface area contributed by atoms with Gasteiger partial charge in [-0.2, -0.15) is 0 Å². The van der Waals surface area contributed by atoms with Crippen LogP contribution < -0.4 is 10.9 Å². The van der Waals surface area contributed by atoms with Gasteiger partial charge in [0.1, 0.15) is 0 Å². The fourth-order valence-corrected chi connectivity index (χ4v) is 2.33. The van der Waals surface area contributed by atoms with Crippen molar-refractivity contribution in [3.05, 3.63) is 39.9 Å². The van der Waals surface area contributed by atoms with Crippen molar-refractivity contribution < 1.29 is 9.72 Å². The maximum Gasteiger partial charge on any atom is 0.269 e. The van der Waals surface area contributed by atoms with Crippen LogP contribution in [0.25, 0.3) is 0 Å². The van der Waals surface area contributed by atoms with Gasteiger partial charge < -0.3 is 0 Å². The fraction of sp³-hybridized carbons (Fsp3) is 0.417. The Morgan fingerprint density at radius 1 is 1.44 bits per heavy atom. The quantitative estimate of drug-likeness (QED) is 0.621. The summed E-state index contributed by atoms with van der Waals surface area (Å²) >= 11 is 0. The Bertz CT molecular complexity index is 483. The molecule has 0 aromatic heterocycles. The van der Waals surface area contributed by atoms with Gasteiger partial charge in [0.15, 0.2) is 0 Å². The molecule has 0 heterocycles. The van der Waals surface area contributed by atoms with Crippen LogP contribution in [-0.4, -0.2) is 17.9 Å². The number of benzene rings is 1. The number of carbonyl (C=O) groups excluding carboxylic acids is 1. The summed E-state index contributed by atoms with van der Waals surface area (Å²) < 4.78 is 0. The van der Waals surface area contributed by atoms with Gasteiger partial charge in [-0.25, -0.2) is 5.43 Å². The molecule has 2 N–H and O–H groups in total. The maximum absolute atomic E-state index is 12.1. The van der Waals surface area contributed by atoms with Gasteiger partial charge in [-0.1, -0.05) is 18.6 Å². The third-order valence-electron chi connectivity index (χ3n) is 3.49. The summed E-state index contributed by atoms with van der Waals surface area (Å²) in [4.78, 5) is 22.4. The number of nitro groups is 1. The topological polar surface area (TPSA) is 84.3 Å². The summed E-state index contributed by atoms with van der Waals surface area (Å²) in [5, 5.41) is 10.8. The lowest BCUT2D eigenvalue weighted by atomic mass is 9.64. The summed E-state index contributed by atoms with van der Waals surface area (Å²) in [5.41, 5.74) is 5.32. The standard InChI is InChI=1S/C12H15N3O3/c1-13-14-11(16)12(6-3-7-12)9-4-2-5-10(8-9)15(17)18/h2,4-5,8,13H,3,6-7H2,1H3,(H,14,16). The van der Waals surface area contributed by atoms with Gasteiger partial charge in [-0.3, -0.25) is 20.3 Å². The van der Waals surface area contributed by atoms with Gasteiger partial charge >= 0.3 is 0 Å². The first-order valence-electron chi connectivity index (χ1n) is 5.82. The van der Waals surface area contributed by atoms with Gasteiger partial charge in [0, 0.05) is 19.2 Å². The third-order valence-corrected chi connectivity index (χ3v) is 3.49. The highest BCUT2D eigenvalue weighted by Crippen LogP contribution is 2.44. The number of hydrogen-bond acceptors (Lipinski definition) is 4. The van der Waals surface area contributed by atoms with Crippen LogP contribution in [0.4, 0.5) is 5.69 Å². The molecule has 1 aromatic rings. The number of nitrogens with one attached hydrogen (secondary N) is 2. The Kier molecular flexibility index (Phi) is 3.29. The van der Waals surface area contributed by atoms with Crippen molar-refractivity contribution in [3.8, 4) is 0 Å². The number of hydrogen-bond donors (Lipinski definition) is 2. The summed E-state index contributed by atoms with van der Waals surface area (Å²) in [6.07, 6.45) is 2.41. The van der Waals surface area contributed by atoms with Crippen molar-refractivity contribution in [2.24, 2.45) is 0 Å². The lowest BCUT2D eigenvalue weighted by Gasteiger charge is -2.40. The first-order valence-corrected chi connectivity index (χ1v) is 5.82. The Morgan fingerprint density at radius 3 is 2.67 bits per heavy atom. The predicted molar refractivity (Wildman–Crippen MR) is 65.8 cm³/mol. The summed E-state index contributed by atoms with van der Waals surface area (Å²) in [5.74, 6) is -0.128. The zero-order valence-electron chi connectivity index (χ0n) is 10.1. The lowest BCUT2D eigenvalue weighted by molar-refractivity contribution is -0.385. The van der Waals surface area contributed by atoms with Gasteiger partial charge in [0.25, 0.3) is 5.69 Å². The second-order valence-electron chi connectivity index (χ2n) is 4.45. The highest BCUT2D eigenvalue weighted by Gasteiger charge is 2.46. The van der Waals surface area contributed by atoms with E-state index >= 15 is 0 Å². The van der Waals surface area contributed by atoms with E-state index in [1.54, 1.807) is 19.2 Å². The van der Waals surface area contributed by atoms with Crippen molar-refractivity contribution in [3.63, 3.8) is 0 Å². The predicted octanol–water partition coefficient (Wildman–Crippen LogP) is 1.27. The minimum atomic E-state index is -0.616. The second kappa shape index (κ2) is 4.73. The monoisotopic (exact) mass is 249 g/mol. The first-order chi connectivity index (χ1) is 8.60. The molecule has 6 heteroatoms. The average Bonchev–Trinajstić information content (AvgIpc) is 2.28. The van der Waals surface area contributed by atoms with E-state index in [0.717, 1.165) is 24.8 Å². The molecule has 0 unspecified atom stereocenters. The van der Waals surface area contributed by atoms with Crippen LogP contribution in [0.5, 0.6) is 0 Å². The number of nitrogens with zero attached hydrogens (tertiary/aromatic N) is 1. The fourth-order valence-electron chi connectivity index (χ4n) is 2.33. The molecule has 0 atom stereocenters. The second-order valence-corrected chi connectivity index (χ2v) is 4.45. The molecular weight excluding hydrogens is 234 g/mol. The van der Waals surface area contributed by atoms with Crippen molar-refractivity contribution in [2.75, 3.05) is 7.05 Å². The Labute approximate surface area is 104 Å². The minimum Gasteiger partial charge on any atom is -0.291 e. The molecule has 1 fully saturated rings. The Morgan fingerprint density at radius 2 is 2.17 bits per heavy atom. The zero-order chi connectivity index (χ0) is 13.2. The zero-order valence-corrected chi connectivity index (χ0v) is 10.1. The summed E-state index contributed by atoms with van der Waals surface area (Å²) in [6.45, 7) is 0. The highest BCUT2D eigenvalue weighted by molar-refractivity contribution is 5.89. The van der Waals surface area contributed by atoms with Crippen molar-refractivity contribution in [2.45, 2.75) is 24.7 Å². The maximum atomic E-state index is 12.1. The number of rotatable bonds is 4. The molecule has 1 amide bonds. The van der Waals surface area contributed by atoms with Crippen molar-refractivity contribution >= 4 is 11.6 Å². The number of nitro benzene ring substituents is 1. The van der Waals surface area contributed by atoms with E-state index in [1.165, 1.54) is 12.1 Å². The molecular formula is C12H15N3O3. The molecule has 18 heavy (non-hydrogen) atoms. The van der Waals surface area contributed by atoms with Crippen LogP contribution in [0, 0.1) is 10.1 Å². The van der Waals surface area contributed by atoms with Crippen molar-refractivity contribution in [1.29, 1.82) is 0 Å². The molecule has 96 valence electrons. The Hall–Kier alpha value is -1.95. The molecule has 0 aliphatic heterocycles. The van der Waals surface area contributed by atoms with Crippen LogP contribution in [0.2, 0.25) is 0 Å². The van der Waals surface area contributed by atoms with E-state index < -0.39 is 10.3 Å². The van der Waals surface area contributed by atoms with E-state index in [-0.39, 0.29) is 11.6 Å². The third kappa shape index (κ3) is 1.95. The van der Waals surface area contributed by atoms with Crippen molar-refractivity contribution in [1.82, 2.24) is 10.9 Å². The van der Waals surface area contributed by atoms with Crippen LogP contribution in [0.15, 0.2) is 24.3 Å². The first kappa shape index (κ1) is 12.5. The van der Waals surface area contributed by atoms with Gasteiger partial charge in [-0.15, -0.1) is 0 Å². The van der Waals surface area contributed by atoms with Gasteiger partial charge in [-0.05, 0) is 18.4 Å². The smallest absolute Gasteiger partial charge is 0.269 e. The molecule has 0 bridgehead atoms. The number of carbonyl (C=O) groups is 1. The van der Waals surface area contributed by atoms with Gasteiger partial charge in [0.2, 0.25) is 5.91 Å². The Balaban J connectivity index is 2.35. The minimum absolute atomic E-state index is 0.0241. The normalized spacial score (nSPS) is 16.7. The van der Waals surface area contributed by atoms with Gasteiger partial charge in [0.05, 0.1) is 10.3 Å². The number of hydrazine groups is 1. The van der Waals surface area contributed by atoms with Crippen LogP contribution in [0.1, 0.15) is 24.8 Å². The molecule has 0 saturated heterocycles. The molecule has 6 nitrogen and oxygen atoms in total. The van der Waals surface area contributed by atoms with E-state index in [4.69, 9.17) is 0 Å². The van der Waals surface area contributed by atoms with E-state index in [1.807, 2.05) is 0 Å². The number of amides is 1. The largest absolute Gasteiger partial charge is 0.291 e. The van der Waals surface area contributed by atoms with E-state index in [2.05, 4.69) is 10.9 Å². The molecule has 0 radical (unpaired) electrons. The van der Waals surface area contributed by atoms with Crippen LogP contribution >= 0.6 is 0 Å².